The summed E-state index contributed by atoms with van der Waals surface area (Å²) in [5, 5.41) is 3.18. The first-order valence-corrected chi connectivity index (χ1v) is 3.59. The number of hydrogen-bond donors (Lipinski definition) is 1. The van der Waals surface area contributed by atoms with Crippen LogP contribution in [-0.4, -0.2) is 26.2 Å². The highest BCUT2D eigenvalue weighted by molar-refractivity contribution is 5.81. The molecule has 3 heteroatoms. The standard InChI is InChI=1S/C7H11NO2/c1-10-6(9)7-2-5(7)3-8-4-7/h5,8H,2-4H2,1H3/t5?,7-/m0/s1. The molecule has 1 heterocycles. The van der Waals surface area contributed by atoms with E-state index in [9.17, 15) is 4.79 Å². The summed E-state index contributed by atoms with van der Waals surface area (Å²) in [7, 11) is 1.46. The smallest absolute Gasteiger partial charge is 0.313 e. The molecule has 10 heavy (non-hydrogen) atoms. The molecule has 2 atom stereocenters. The minimum atomic E-state index is -0.102. The van der Waals surface area contributed by atoms with E-state index in [4.69, 9.17) is 4.74 Å². The van der Waals surface area contributed by atoms with Crippen LogP contribution in [0.3, 0.4) is 0 Å². The van der Waals surface area contributed by atoms with Crippen molar-refractivity contribution in [3.8, 4) is 0 Å². The molecular weight excluding hydrogens is 130 g/mol. The fourth-order valence-corrected chi connectivity index (χ4v) is 1.86. The van der Waals surface area contributed by atoms with Gasteiger partial charge in [0.15, 0.2) is 0 Å². The van der Waals surface area contributed by atoms with Gasteiger partial charge in [0, 0.05) is 6.54 Å². The molecule has 3 nitrogen and oxygen atoms in total. The van der Waals surface area contributed by atoms with E-state index in [-0.39, 0.29) is 11.4 Å². The van der Waals surface area contributed by atoms with Crippen LogP contribution < -0.4 is 5.32 Å². The molecular formula is C7H11NO2. The molecule has 1 aliphatic carbocycles. The van der Waals surface area contributed by atoms with Crippen molar-refractivity contribution in [2.24, 2.45) is 11.3 Å². The van der Waals surface area contributed by atoms with Crippen LogP contribution in [0.5, 0.6) is 0 Å². The van der Waals surface area contributed by atoms with Gasteiger partial charge in [-0.15, -0.1) is 0 Å². The van der Waals surface area contributed by atoms with Gasteiger partial charge in [-0.25, -0.2) is 0 Å². The number of methoxy groups -OCH3 is 1. The molecule has 2 aliphatic rings. The number of fused-ring (bicyclic) bond motifs is 1. The Morgan fingerprint density at radius 3 is 3.00 bits per heavy atom. The molecule has 0 spiro atoms. The molecule has 1 saturated heterocycles. The predicted molar refractivity (Wildman–Crippen MR) is 35.4 cm³/mol. The quantitative estimate of drug-likeness (QED) is 0.512. The van der Waals surface area contributed by atoms with Gasteiger partial charge in [0.2, 0.25) is 0 Å². The largest absolute Gasteiger partial charge is 0.469 e. The van der Waals surface area contributed by atoms with Crippen molar-refractivity contribution in [3.05, 3.63) is 0 Å². The second kappa shape index (κ2) is 1.72. The maximum absolute atomic E-state index is 11.1. The van der Waals surface area contributed by atoms with Gasteiger partial charge in [0.25, 0.3) is 0 Å². The number of esters is 1. The summed E-state index contributed by atoms with van der Waals surface area (Å²) in [5.74, 6) is 0.544. The van der Waals surface area contributed by atoms with E-state index in [0.29, 0.717) is 5.92 Å². The second-order valence-corrected chi connectivity index (χ2v) is 3.18. The first-order valence-electron chi connectivity index (χ1n) is 3.59. The predicted octanol–water partition coefficient (Wildman–Crippen LogP) is -0.231. The first kappa shape index (κ1) is 6.16. The molecule has 1 unspecified atom stereocenters. The van der Waals surface area contributed by atoms with Crippen LogP contribution in [0.15, 0.2) is 0 Å². The molecule has 0 aromatic rings. The van der Waals surface area contributed by atoms with E-state index < -0.39 is 0 Å². The lowest BCUT2D eigenvalue weighted by Crippen LogP contribution is -2.24. The number of rotatable bonds is 1. The number of hydrogen-bond acceptors (Lipinski definition) is 3. The van der Waals surface area contributed by atoms with E-state index in [2.05, 4.69) is 5.32 Å². The van der Waals surface area contributed by atoms with Crippen molar-refractivity contribution < 1.29 is 9.53 Å². The minimum Gasteiger partial charge on any atom is -0.469 e. The van der Waals surface area contributed by atoms with E-state index in [1.165, 1.54) is 7.11 Å². The van der Waals surface area contributed by atoms with Gasteiger partial charge in [-0.3, -0.25) is 4.79 Å². The second-order valence-electron chi connectivity index (χ2n) is 3.18. The van der Waals surface area contributed by atoms with Crippen molar-refractivity contribution in [3.63, 3.8) is 0 Å². The topological polar surface area (TPSA) is 38.3 Å². The highest BCUT2D eigenvalue weighted by Gasteiger charge is 2.63. The summed E-state index contributed by atoms with van der Waals surface area (Å²) in [6.45, 7) is 1.82. The number of carbonyl (C=O) groups is 1. The normalized spacial score (nSPS) is 42.7. The summed E-state index contributed by atoms with van der Waals surface area (Å²) >= 11 is 0. The lowest BCUT2D eigenvalue weighted by atomic mass is 10.1. The zero-order valence-electron chi connectivity index (χ0n) is 6.02. The number of ether oxygens (including phenoxy) is 1. The van der Waals surface area contributed by atoms with Gasteiger partial charge in [-0.05, 0) is 18.9 Å². The summed E-state index contributed by atoms with van der Waals surface area (Å²) in [6.07, 6.45) is 1.03. The first-order chi connectivity index (χ1) is 4.79. The monoisotopic (exact) mass is 141 g/mol. The van der Waals surface area contributed by atoms with Crippen LogP contribution in [0.1, 0.15) is 6.42 Å². The number of carbonyl (C=O) groups excluding carboxylic acids is 1. The van der Waals surface area contributed by atoms with Crippen molar-refractivity contribution in [2.45, 2.75) is 6.42 Å². The molecule has 2 rings (SSSR count). The maximum Gasteiger partial charge on any atom is 0.313 e. The van der Waals surface area contributed by atoms with Crippen molar-refractivity contribution >= 4 is 5.97 Å². The lowest BCUT2D eigenvalue weighted by molar-refractivity contribution is -0.146. The fourth-order valence-electron chi connectivity index (χ4n) is 1.86. The highest BCUT2D eigenvalue weighted by atomic mass is 16.5. The molecule has 0 aromatic carbocycles. The van der Waals surface area contributed by atoms with Crippen LogP contribution in [0, 0.1) is 11.3 Å². The molecule has 2 fully saturated rings. The highest BCUT2D eigenvalue weighted by Crippen LogP contribution is 2.55. The minimum absolute atomic E-state index is 0.0255. The molecule has 56 valence electrons. The molecule has 1 N–H and O–H groups in total. The molecule has 0 bridgehead atoms. The van der Waals surface area contributed by atoms with E-state index in [1.54, 1.807) is 0 Å². The number of nitrogens with one attached hydrogen (secondary N) is 1. The van der Waals surface area contributed by atoms with Crippen molar-refractivity contribution in [1.29, 1.82) is 0 Å². The third-order valence-corrected chi connectivity index (χ3v) is 2.66. The Morgan fingerprint density at radius 1 is 1.80 bits per heavy atom. The van der Waals surface area contributed by atoms with Crippen LogP contribution >= 0.6 is 0 Å². The Bertz CT molecular complexity index is 180. The zero-order valence-corrected chi connectivity index (χ0v) is 6.02. The van der Waals surface area contributed by atoms with Crippen molar-refractivity contribution in [1.82, 2.24) is 5.32 Å². The average Bonchev–Trinajstić information content (AvgIpc) is 2.54. The van der Waals surface area contributed by atoms with Gasteiger partial charge in [0.1, 0.15) is 0 Å². The third-order valence-electron chi connectivity index (χ3n) is 2.66. The Hall–Kier alpha value is -0.570. The van der Waals surface area contributed by atoms with E-state index >= 15 is 0 Å². The molecule has 0 amide bonds. The van der Waals surface area contributed by atoms with Gasteiger partial charge >= 0.3 is 5.97 Å². The van der Waals surface area contributed by atoms with Gasteiger partial charge < -0.3 is 10.1 Å². The number of piperidine rings is 1. The van der Waals surface area contributed by atoms with Gasteiger partial charge in [0.05, 0.1) is 12.5 Å². The SMILES string of the molecule is COC(=O)[C@@]12CNCC1C2. The van der Waals surface area contributed by atoms with Crippen LogP contribution in [0.25, 0.3) is 0 Å². The molecule has 1 saturated carbocycles. The van der Waals surface area contributed by atoms with Crippen LogP contribution in [0.4, 0.5) is 0 Å². The van der Waals surface area contributed by atoms with Crippen molar-refractivity contribution in [2.75, 3.05) is 20.2 Å². The van der Waals surface area contributed by atoms with Crippen LogP contribution in [-0.2, 0) is 9.53 Å². The summed E-state index contributed by atoms with van der Waals surface area (Å²) in [5.41, 5.74) is -0.102. The lowest BCUT2D eigenvalue weighted by Gasteiger charge is -2.06. The third kappa shape index (κ3) is 0.560. The molecule has 0 radical (unpaired) electrons. The Kier molecular flexibility index (Phi) is 1.06. The maximum atomic E-state index is 11.1. The zero-order chi connectivity index (χ0) is 7.19. The molecule has 1 aliphatic heterocycles. The molecule has 0 aromatic heterocycles. The Labute approximate surface area is 59.7 Å². The van der Waals surface area contributed by atoms with Crippen LogP contribution in [0.2, 0.25) is 0 Å². The van der Waals surface area contributed by atoms with E-state index in [0.717, 1.165) is 19.5 Å². The summed E-state index contributed by atoms with van der Waals surface area (Å²) in [6, 6.07) is 0. The van der Waals surface area contributed by atoms with Gasteiger partial charge in [-0.1, -0.05) is 0 Å². The summed E-state index contributed by atoms with van der Waals surface area (Å²) in [4.78, 5) is 11.1. The summed E-state index contributed by atoms with van der Waals surface area (Å²) < 4.78 is 4.70. The fraction of sp³-hybridized carbons (Fsp3) is 0.857. The Morgan fingerprint density at radius 2 is 2.60 bits per heavy atom. The average molecular weight is 141 g/mol. The van der Waals surface area contributed by atoms with E-state index in [1.807, 2.05) is 0 Å². The van der Waals surface area contributed by atoms with Gasteiger partial charge in [-0.2, -0.15) is 0 Å². The Balaban J connectivity index is 2.11.